The van der Waals surface area contributed by atoms with Crippen LogP contribution in [0.2, 0.25) is 0 Å². The summed E-state index contributed by atoms with van der Waals surface area (Å²) in [6.45, 7) is 2.86. The molecule has 0 bridgehead atoms. The normalized spacial score (nSPS) is 34.1. The van der Waals surface area contributed by atoms with Gasteiger partial charge in [-0.3, -0.25) is 4.79 Å². The van der Waals surface area contributed by atoms with Crippen LogP contribution in [0, 0.1) is 11.3 Å². The Morgan fingerprint density at radius 3 is 2.59 bits per heavy atom. The van der Waals surface area contributed by atoms with E-state index < -0.39 is 0 Å². The van der Waals surface area contributed by atoms with Crippen LogP contribution in [0.25, 0.3) is 0 Å². The van der Waals surface area contributed by atoms with E-state index >= 15 is 0 Å². The molecule has 0 radical (unpaired) electrons. The average Bonchev–Trinajstić information content (AvgIpc) is 2.91. The highest BCUT2D eigenvalue weighted by molar-refractivity contribution is 5.83. The van der Waals surface area contributed by atoms with Crippen molar-refractivity contribution in [1.29, 1.82) is 0 Å². The zero-order valence-electron chi connectivity index (χ0n) is 11.0. The first-order valence-corrected chi connectivity index (χ1v) is 7.17. The molecule has 2 aliphatic carbocycles. The van der Waals surface area contributed by atoms with Gasteiger partial charge in [-0.25, -0.2) is 0 Å². The second-order valence-electron chi connectivity index (χ2n) is 6.11. The Labute approximate surface area is 105 Å². The second-order valence-corrected chi connectivity index (χ2v) is 6.11. The number of amides is 1. The van der Waals surface area contributed by atoms with Gasteiger partial charge in [0, 0.05) is 12.6 Å². The predicted molar refractivity (Wildman–Crippen MR) is 69.5 cm³/mol. The molecule has 2 aliphatic rings. The predicted octanol–water partition coefficient (Wildman–Crippen LogP) is 2.20. The van der Waals surface area contributed by atoms with E-state index in [9.17, 15) is 4.79 Å². The lowest BCUT2D eigenvalue weighted by atomic mass is 9.84. The topological polar surface area (TPSA) is 55.1 Å². The minimum atomic E-state index is -0.310. The van der Waals surface area contributed by atoms with Crippen molar-refractivity contribution in [2.75, 3.05) is 6.54 Å². The molecular weight excluding hydrogens is 212 g/mol. The van der Waals surface area contributed by atoms with Crippen LogP contribution in [0.1, 0.15) is 58.3 Å². The fourth-order valence-corrected chi connectivity index (χ4v) is 3.37. The molecule has 2 atom stereocenters. The summed E-state index contributed by atoms with van der Waals surface area (Å²) in [7, 11) is 0. The molecule has 3 heteroatoms. The molecule has 0 aromatic heterocycles. The fourth-order valence-electron chi connectivity index (χ4n) is 3.37. The maximum atomic E-state index is 12.2. The third kappa shape index (κ3) is 2.82. The van der Waals surface area contributed by atoms with Crippen LogP contribution < -0.4 is 11.1 Å². The molecule has 0 spiro atoms. The fraction of sp³-hybridized carbons (Fsp3) is 0.929. The zero-order valence-corrected chi connectivity index (χ0v) is 11.0. The van der Waals surface area contributed by atoms with Gasteiger partial charge in [-0.15, -0.1) is 0 Å². The summed E-state index contributed by atoms with van der Waals surface area (Å²) in [6.07, 6.45) is 9.64. The van der Waals surface area contributed by atoms with Crippen molar-refractivity contribution < 1.29 is 4.79 Å². The van der Waals surface area contributed by atoms with Gasteiger partial charge in [0.2, 0.25) is 5.91 Å². The van der Waals surface area contributed by atoms with Crippen LogP contribution in [-0.4, -0.2) is 18.5 Å². The van der Waals surface area contributed by atoms with Crippen molar-refractivity contribution in [3.63, 3.8) is 0 Å². The molecule has 0 aromatic carbocycles. The Hall–Kier alpha value is -0.570. The van der Waals surface area contributed by atoms with Crippen LogP contribution in [0.4, 0.5) is 0 Å². The highest BCUT2D eigenvalue weighted by atomic mass is 16.2. The summed E-state index contributed by atoms with van der Waals surface area (Å²) in [5, 5.41) is 3.10. The first kappa shape index (κ1) is 12.9. The summed E-state index contributed by atoms with van der Waals surface area (Å²) in [5.74, 6) is 1.03. The summed E-state index contributed by atoms with van der Waals surface area (Å²) >= 11 is 0. The SMILES string of the molecule is CC1(C(=O)NCCC2CCCC2)CCCC1N. The van der Waals surface area contributed by atoms with Crippen molar-refractivity contribution in [1.82, 2.24) is 5.32 Å². The maximum absolute atomic E-state index is 12.2. The third-order valence-corrected chi connectivity index (χ3v) is 4.86. The Morgan fingerprint density at radius 2 is 2.00 bits per heavy atom. The van der Waals surface area contributed by atoms with E-state index in [0.717, 1.165) is 38.1 Å². The lowest BCUT2D eigenvalue weighted by Gasteiger charge is -2.27. The first-order valence-electron chi connectivity index (χ1n) is 7.17. The Balaban J connectivity index is 1.73. The van der Waals surface area contributed by atoms with Gasteiger partial charge in [0.1, 0.15) is 0 Å². The number of carbonyl (C=O) groups excluding carboxylic acids is 1. The van der Waals surface area contributed by atoms with Gasteiger partial charge >= 0.3 is 0 Å². The van der Waals surface area contributed by atoms with Crippen LogP contribution in [0.3, 0.4) is 0 Å². The van der Waals surface area contributed by atoms with Gasteiger partial charge in [-0.05, 0) is 32.1 Å². The smallest absolute Gasteiger partial charge is 0.227 e. The molecule has 3 N–H and O–H groups in total. The number of carbonyl (C=O) groups is 1. The largest absolute Gasteiger partial charge is 0.356 e. The number of nitrogens with two attached hydrogens (primary N) is 1. The summed E-state index contributed by atoms with van der Waals surface area (Å²) in [5.41, 5.74) is 5.74. The van der Waals surface area contributed by atoms with Crippen LogP contribution >= 0.6 is 0 Å². The molecule has 17 heavy (non-hydrogen) atoms. The highest BCUT2D eigenvalue weighted by Crippen LogP contribution is 2.36. The van der Waals surface area contributed by atoms with Gasteiger partial charge in [0.05, 0.1) is 5.41 Å². The van der Waals surface area contributed by atoms with Gasteiger partial charge in [-0.2, -0.15) is 0 Å². The van der Waals surface area contributed by atoms with Crippen molar-refractivity contribution in [2.45, 2.75) is 64.3 Å². The van der Waals surface area contributed by atoms with Gasteiger partial charge in [0.25, 0.3) is 0 Å². The standard InChI is InChI=1S/C14H26N2O/c1-14(9-4-7-12(14)15)13(17)16-10-8-11-5-2-3-6-11/h11-12H,2-10,15H2,1H3,(H,16,17). The molecule has 0 heterocycles. The number of hydrogen-bond donors (Lipinski definition) is 2. The molecular formula is C14H26N2O. The van der Waals surface area contributed by atoms with Crippen molar-refractivity contribution in [3.8, 4) is 0 Å². The van der Waals surface area contributed by atoms with E-state index in [0.29, 0.717) is 0 Å². The number of rotatable bonds is 4. The van der Waals surface area contributed by atoms with Crippen molar-refractivity contribution in [2.24, 2.45) is 17.1 Å². The molecule has 0 saturated heterocycles. The van der Waals surface area contributed by atoms with E-state index in [1.807, 2.05) is 6.92 Å². The molecule has 0 aromatic rings. The van der Waals surface area contributed by atoms with E-state index in [4.69, 9.17) is 5.73 Å². The maximum Gasteiger partial charge on any atom is 0.227 e. The Morgan fingerprint density at radius 1 is 1.29 bits per heavy atom. The zero-order chi connectivity index (χ0) is 12.3. The quantitative estimate of drug-likeness (QED) is 0.789. The lowest BCUT2D eigenvalue weighted by molar-refractivity contribution is -0.130. The van der Waals surface area contributed by atoms with Crippen molar-refractivity contribution in [3.05, 3.63) is 0 Å². The van der Waals surface area contributed by atoms with E-state index in [1.54, 1.807) is 0 Å². The molecule has 1 amide bonds. The highest BCUT2D eigenvalue weighted by Gasteiger charge is 2.42. The van der Waals surface area contributed by atoms with E-state index in [2.05, 4.69) is 5.32 Å². The first-order chi connectivity index (χ1) is 8.13. The van der Waals surface area contributed by atoms with Crippen molar-refractivity contribution >= 4 is 5.91 Å². The van der Waals surface area contributed by atoms with Crippen LogP contribution in [0.5, 0.6) is 0 Å². The Kier molecular flexibility index (Phi) is 4.08. The minimum absolute atomic E-state index is 0.0500. The van der Waals surface area contributed by atoms with E-state index in [-0.39, 0.29) is 17.4 Å². The second kappa shape index (κ2) is 5.38. The molecule has 2 unspecified atom stereocenters. The molecule has 2 saturated carbocycles. The van der Waals surface area contributed by atoms with Gasteiger partial charge in [0.15, 0.2) is 0 Å². The monoisotopic (exact) mass is 238 g/mol. The average molecular weight is 238 g/mol. The Bertz CT molecular complexity index is 273. The summed E-state index contributed by atoms with van der Waals surface area (Å²) in [4.78, 5) is 12.2. The lowest BCUT2D eigenvalue weighted by Crippen LogP contribution is -2.47. The molecule has 0 aliphatic heterocycles. The van der Waals surface area contributed by atoms with Crippen LogP contribution in [0.15, 0.2) is 0 Å². The number of nitrogens with one attached hydrogen (secondary N) is 1. The summed E-state index contributed by atoms with van der Waals surface area (Å²) < 4.78 is 0. The molecule has 2 fully saturated rings. The number of hydrogen-bond acceptors (Lipinski definition) is 2. The van der Waals surface area contributed by atoms with Gasteiger partial charge in [-0.1, -0.05) is 32.1 Å². The third-order valence-electron chi connectivity index (χ3n) is 4.86. The summed E-state index contributed by atoms with van der Waals surface area (Å²) in [6, 6.07) is 0.0500. The van der Waals surface area contributed by atoms with E-state index in [1.165, 1.54) is 25.7 Å². The molecule has 98 valence electrons. The molecule has 3 nitrogen and oxygen atoms in total. The minimum Gasteiger partial charge on any atom is -0.356 e. The van der Waals surface area contributed by atoms with Crippen LogP contribution in [-0.2, 0) is 4.79 Å². The van der Waals surface area contributed by atoms with Gasteiger partial charge < -0.3 is 11.1 Å². The molecule has 2 rings (SSSR count).